The van der Waals surface area contributed by atoms with Gasteiger partial charge in [-0.25, -0.2) is 0 Å². The van der Waals surface area contributed by atoms with Crippen molar-refractivity contribution < 1.29 is 179 Å². The Morgan fingerprint density at radius 1 is 0.591 bits per heavy atom. The van der Waals surface area contributed by atoms with E-state index in [1.807, 2.05) is 0 Å². The van der Waals surface area contributed by atoms with Crippen molar-refractivity contribution in [2.24, 2.45) is 0 Å². The number of rotatable bonds is 0. The Morgan fingerprint density at radius 3 is 1.59 bits per heavy atom. The molecule has 1 aliphatic carbocycles. The molecule has 3 rings (SSSR count). The van der Waals surface area contributed by atoms with Crippen molar-refractivity contribution in [2.45, 2.75) is 0 Å². The smallest absolute Gasteiger partial charge is 0.872 e. The topological polar surface area (TPSA) is 103 Å². The zero-order valence-corrected chi connectivity index (χ0v) is 21.8. The summed E-state index contributed by atoms with van der Waals surface area (Å²) in [5.74, 6) is -3.63. The molecular weight excluding hydrogens is 365 g/mol. The molecule has 0 radical (unpaired) electrons. The number of hydrogen-bond donors (Lipinski definition) is 0. The van der Waals surface area contributed by atoms with E-state index in [-0.39, 0.29) is 165 Å². The minimum absolute atomic E-state index is 0. The minimum atomic E-state index is -0.849. The average Bonchev–Trinajstić information content (AvgIpc) is 2.38. The summed E-state index contributed by atoms with van der Waals surface area (Å²) in [7, 11) is 0. The molecule has 0 saturated carbocycles. The molecule has 0 fully saturated rings. The number of fused-ring (bicyclic) bond motifs is 2. The van der Waals surface area contributed by atoms with Gasteiger partial charge in [-0.1, -0.05) is 47.6 Å². The van der Waals surface area contributed by atoms with Crippen LogP contribution in [0.1, 0.15) is 31.8 Å². The van der Waals surface area contributed by atoms with E-state index in [1.54, 1.807) is 0 Å². The molecular formula is C14H5K3O5. The molecule has 0 saturated heterocycles. The summed E-state index contributed by atoms with van der Waals surface area (Å²) in [5.41, 5.74) is -1.38. The summed E-state index contributed by atoms with van der Waals surface area (Å²) in [6.07, 6.45) is 0. The van der Waals surface area contributed by atoms with Gasteiger partial charge in [-0.05, 0) is 0 Å². The molecule has 1 aliphatic rings. The van der Waals surface area contributed by atoms with E-state index < -0.39 is 39.9 Å². The molecule has 2 aromatic rings. The largest absolute Gasteiger partial charge is 1.00 e. The van der Waals surface area contributed by atoms with Crippen LogP contribution in [0.15, 0.2) is 30.3 Å². The predicted molar refractivity (Wildman–Crippen MR) is 58.1 cm³/mol. The van der Waals surface area contributed by atoms with Gasteiger partial charge in [0, 0.05) is 22.3 Å². The van der Waals surface area contributed by atoms with Gasteiger partial charge in [0.25, 0.3) is 0 Å². The first kappa shape index (κ1) is 24.1. The van der Waals surface area contributed by atoms with Gasteiger partial charge >= 0.3 is 154 Å². The molecule has 0 atom stereocenters. The Bertz CT molecular complexity index is 758. The van der Waals surface area contributed by atoms with E-state index in [2.05, 4.69) is 0 Å². The second kappa shape index (κ2) is 9.69. The fraction of sp³-hybridized carbons (Fsp3) is 0. The second-order valence-corrected chi connectivity index (χ2v) is 4.15. The van der Waals surface area contributed by atoms with Crippen LogP contribution >= 0.6 is 0 Å². The predicted octanol–water partition coefficient (Wildman–Crippen LogP) is -9.31. The molecule has 5 nitrogen and oxygen atoms in total. The van der Waals surface area contributed by atoms with Crippen LogP contribution in [-0.2, 0) is 0 Å². The number of hydrogen-bond acceptors (Lipinski definition) is 5. The van der Waals surface area contributed by atoms with Crippen LogP contribution in [0.25, 0.3) is 0 Å². The zero-order chi connectivity index (χ0) is 13.7. The van der Waals surface area contributed by atoms with Gasteiger partial charge in [0.05, 0.1) is 0 Å². The monoisotopic (exact) mass is 370 g/mol. The van der Waals surface area contributed by atoms with E-state index in [4.69, 9.17) is 0 Å². The van der Waals surface area contributed by atoms with E-state index in [9.17, 15) is 24.9 Å². The third-order valence-corrected chi connectivity index (χ3v) is 3.08. The summed E-state index contributed by atoms with van der Waals surface area (Å²) in [4.78, 5) is 24.3. The molecule has 0 amide bonds. The number of carbonyl (C=O) groups is 2. The Balaban J connectivity index is 0.00000147. The molecule has 0 aromatic heterocycles. The zero-order valence-electron chi connectivity index (χ0n) is 12.4. The van der Waals surface area contributed by atoms with Crippen molar-refractivity contribution in [1.29, 1.82) is 0 Å². The first-order chi connectivity index (χ1) is 9.02. The van der Waals surface area contributed by atoms with Crippen molar-refractivity contribution in [3.05, 3.63) is 52.6 Å². The number of ketones is 2. The summed E-state index contributed by atoms with van der Waals surface area (Å²) in [5, 5.41) is 35.0. The summed E-state index contributed by atoms with van der Waals surface area (Å²) in [6.45, 7) is 0. The fourth-order valence-electron chi connectivity index (χ4n) is 2.23. The van der Waals surface area contributed by atoms with E-state index in [0.29, 0.717) is 0 Å². The molecule has 94 valence electrons. The molecule has 8 heteroatoms. The van der Waals surface area contributed by atoms with Crippen molar-refractivity contribution in [2.75, 3.05) is 0 Å². The van der Waals surface area contributed by atoms with Gasteiger partial charge in [0.15, 0.2) is 11.6 Å². The van der Waals surface area contributed by atoms with Crippen LogP contribution < -0.4 is 169 Å². The maximum Gasteiger partial charge on any atom is 1.00 e. The maximum absolute atomic E-state index is 12.2. The van der Waals surface area contributed by atoms with Gasteiger partial charge in [-0.2, -0.15) is 0 Å². The third kappa shape index (κ3) is 4.08. The Kier molecular flexibility index (Phi) is 10.6. The molecule has 0 unspecified atom stereocenters. The quantitative estimate of drug-likeness (QED) is 0.366. The molecule has 0 spiro atoms. The molecule has 0 bridgehead atoms. The summed E-state index contributed by atoms with van der Waals surface area (Å²) >= 11 is 0. The number of benzene rings is 2. The fourth-order valence-corrected chi connectivity index (χ4v) is 2.23. The number of carbonyl (C=O) groups excluding carboxylic acids is 2. The van der Waals surface area contributed by atoms with Crippen LogP contribution in [0.4, 0.5) is 0 Å². The van der Waals surface area contributed by atoms with Gasteiger partial charge in [-0.3, -0.25) is 9.59 Å². The van der Waals surface area contributed by atoms with E-state index in [1.165, 1.54) is 12.1 Å². The van der Waals surface area contributed by atoms with Crippen molar-refractivity contribution in [3.63, 3.8) is 0 Å². The average molecular weight is 370 g/mol. The Morgan fingerprint density at radius 2 is 1.05 bits per heavy atom. The Labute approximate surface area is 254 Å². The standard InChI is InChI=1S/C14H8O5.3K/c15-7-3-1-2-6-10(7)14(19)12-9(17)5-4-8(16)11(12)13(6)18;;;/h1-5,15-17H;;;/q;3*+1/p-3. The van der Waals surface area contributed by atoms with Gasteiger partial charge < -0.3 is 15.3 Å². The van der Waals surface area contributed by atoms with Gasteiger partial charge in [0.2, 0.25) is 0 Å². The maximum atomic E-state index is 12.2. The van der Waals surface area contributed by atoms with Crippen molar-refractivity contribution in [3.8, 4) is 17.2 Å². The summed E-state index contributed by atoms with van der Waals surface area (Å²) in [6, 6.07) is 5.67. The molecule has 0 N–H and O–H groups in total. The van der Waals surface area contributed by atoms with Gasteiger partial charge in [0.1, 0.15) is 0 Å². The van der Waals surface area contributed by atoms with Crippen LogP contribution in [-0.4, -0.2) is 11.6 Å². The SMILES string of the molecule is O=C1c2cccc([O-])c2C(=O)c2c([O-])ccc([O-])c21.[K+].[K+].[K+]. The van der Waals surface area contributed by atoms with Crippen LogP contribution in [0.2, 0.25) is 0 Å². The van der Waals surface area contributed by atoms with E-state index in [0.717, 1.165) is 18.2 Å². The van der Waals surface area contributed by atoms with E-state index >= 15 is 0 Å². The first-order valence-electron chi connectivity index (χ1n) is 5.43. The molecule has 2 aromatic carbocycles. The second-order valence-electron chi connectivity index (χ2n) is 4.15. The molecule has 0 aliphatic heterocycles. The summed E-state index contributed by atoms with van der Waals surface area (Å²) < 4.78 is 0. The third-order valence-electron chi connectivity index (χ3n) is 3.08. The van der Waals surface area contributed by atoms with Crippen molar-refractivity contribution >= 4 is 11.6 Å². The molecule has 22 heavy (non-hydrogen) atoms. The Hall–Kier alpha value is 2.09. The minimum Gasteiger partial charge on any atom is -0.872 e. The molecule has 0 heterocycles. The van der Waals surface area contributed by atoms with Crippen molar-refractivity contribution in [1.82, 2.24) is 0 Å². The first-order valence-corrected chi connectivity index (χ1v) is 5.43. The van der Waals surface area contributed by atoms with Crippen LogP contribution in [0.3, 0.4) is 0 Å². The van der Waals surface area contributed by atoms with Crippen LogP contribution in [0.5, 0.6) is 17.2 Å². The van der Waals surface area contributed by atoms with Crippen LogP contribution in [0, 0.1) is 0 Å². The van der Waals surface area contributed by atoms with Gasteiger partial charge in [-0.15, -0.1) is 0 Å². The normalized spacial score (nSPS) is 11.3.